The van der Waals surface area contributed by atoms with Gasteiger partial charge in [0, 0.05) is 12.4 Å². The van der Waals surface area contributed by atoms with Crippen LogP contribution in [0.15, 0.2) is 30.7 Å². The highest BCUT2D eigenvalue weighted by Crippen LogP contribution is 2.27. The predicted octanol–water partition coefficient (Wildman–Crippen LogP) is 2.37. The van der Waals surface area contributed by atoms with Crippen LogP contribution in [0.25, 0.3) is 0 Å². The number of amides is 1. The van der Waals surface area contributed by atoms with Gasteiger partial charge in [-0.05, 0) is 26.0 Å². The maximum atomic E-state index is 12.4. The number of hydrogen-bond acceptors (Lipinski definition) is 4. The predicted molar refractivity (Wildman–Crippen MR) is 76.4 cm³/mol. The summed E-state index contributed by atoms with van der Waals surface area (Å²) in [6.45, 7) is 2.85. The fraction of sp³-hybridized carbons (Fsp3) is 0.286. The zero-order valence-electron chi connectivity index (χ0n) is 12.6. The molecule has 2 rings (SSSR count). The van der Waals surface area contributed by atoms with E-state index in [1.54, 1.807) is 0 Å². The summed E-state index contributed by atoms with van der Waals surface area (Å²) in [5, 5.41) is 15.4. The summed E-state index contributed by atoms with van der Waals surface area (Å²) in [6.07, 6.45) is -1.23. The molecule has 1 amide bonds. The number of aromatic nitrogens is 3. The van der Waals surface area contributed by atoms with E-state index in [-0.39, 0.29) is 11.3 Å². The largest absolute Gasteiger partial charge is 0.479 e. The first-order valence-electron chi connectivity index (χ1n) is 6.65. The topological polar surface area (TPSA) is 97.1 Å². The first-order valence-corrected chi connectivity index (χ1v) is 6.65. The van der Waals surface area contributed by atoms with Gasteiger partial charge >= 0.3 is 12.1 Å². The van der Waals surface area contributed by atoms with Gasteiger partial charge < -0.3 is 10.4 Å². The molecule has 0 aliphatic rings. The first kappa shape index (κ1) is 17.4. The fourth-order valence-electron chi connectivity index (χ4n) is 1.69. The lowest BCUT2D eigenvalue weighted by molar-refractivity contribution is -0.146. The van der Waals surface area contributed by atoms with Crippen LogP contribution in [0.2, 0.25) is 0 Å². The molecule has 128 valence electrons. The van der Waals surface area contributed by atoms with Crippen molar-refractivity contribution < 1.29 is 27.9 Å². The summed E-state index contributed by atoms with van der Waals surface area (Å²) in [6, 6.07) is 1.70. The molecule has 2 N–H and O–H groups in total. The fourth-order valence-corrected chi connectivity index (χ4v) is 1.69. The van der Waals surface area contributed by atoms with Crippen LogP contribution in [-0.4, -0.2) is 31.7 Å². The standard InChI is InChI=1S/C14H13F3N4O3/c1-13(2,12(23)24)21-7-9(6-19-21)20-11(22)8-3-4-10(18-5-8)14(15,16)17/h3-7H,1-2H3,(H,20,22)(H,23,24). The van der Waals surface area contributed by atoms with Crippen LogP contribution in [0, 0.1) is 0 Å². The molecule has 10 heteroatoms. The maximum Gasteiger partial charge on any atom is 0.433 e. The minimum atomic E-state index is -4.58. The number of nitrogens with one attached hydrogen (secondary N) is 1. The minimum Gasteiger partial charge on any atom is -0.479 e. The van der Waals surface area contributed by atoms with E-state index in [9.17, 15) is 22.8 Å². The molecule has 2 aromatic heterocycles. The van der Waals surface area contributed by atoms with Gasteiger partial charge in [0.2, 0.25) is 0 Å². The molecule has 0 aliphatic heterocycles. The van der Waals surface area contributed by atoms with Crippen molar-refractivity contribution >= 4 is 17.6 Å². The number of alkyl halides is 3. The van der Waals surface area contributed by atoms with E-state index in [0.717, 1.165) is 16.9 Å². The molecule has 0 unspecified atom stereocenters. The van der Waals surface area contributed by atoms with Crippen molar-refractivity contribution in [1.29, 1.82) is 0 Å². The Balaban J connectivity index is 2.13. The van der Waals surface area contributed by atoms with Crippen LogP contribution in [0.4, 0.5) is 18.9 Å². The van der Waals surface area contributed by atoms with E-state index in [4.69, 9.17) is 5.11 Å². The van der Waals surface area contributed by atoms with E-state index in [2.05, 4.69) is 15.4 Å². The average molecular weight is 342 g/mol. The molecule has 2 aromatic rings. The van der Waals surface area contributed by atoms with Gasteiger partial charge in [0.05, 0.1) is 17.4 Å². The minimum absolute atomic E-state index is 0.0757. The number of carboxylic acids is 1. The van der Waals surface area contributed by atoms with Gasteiger partial charge in [-0.2, -0.15) is 18.3 Å². The number of anilines is 1. The third-order valence-corrected chi connectivity index (χ3v) is 3.25. The summed E-state index contributed by atoms with van der Waals surface area (Å²) in [7, 11) is 0. The average Bonchev–Trinajstić information content (AvgIpc) is 2.95. The Morgan fingerprint density at radius 2 is 1.88 bits per heavy atom. The summed E-state index contributed by atoms with van der Waals surface area (Å²) in [4.78, 5) is 26.3. The summed E-state index contributed by atoms with van der Waals surface area (Å²) >= 11 is 0. The Hall–Kier alpha value is -2.91. The van der Waals surface area contributed by atoms with E-state index < -0.39 is 29.3 Å². The molecule has 0 radical (unpaired) electrons. The quantitative estimate of drug-likeness (QED) is 0.889. The van der Waals surface area contributed by atoms with E-state index >= 15 is 0 Å². The Morgan fingerprint density at radius 3 is 2.38 bits per heavy atom. The molecular weight excluding hydrogens is 329 g/mol. The SMILES string of the molecule is CC(C)(C(=O)O)n1cc(NC(=O)c2ccc(C(F)(F)F)nc2)cn1. The molecule has 0 aliphatic carbocycles. The van der Waals surface area contributed by atoms with Crippen LogP contribution < -0.4 is 5.32 Å². The third kappa shape index (κ3) is 3.53. The monoisotopic (exact) mass is 342 g/mol. The number of rotatable bonds is 4. The second-order valence-corrected chi connectivity index (χ2v) is 5.42. The molecule has 0 fully saturated rings. The molecule has 0 saturated heterocycles. The summed E-state index contributed by atoms with van der Waals surface area (Å²) in [5.41, 5.74) is -2.30. The highest BCUT2D eigenvalue weighted by atomic mass is 19.4. The highest BCUT2D eigenvalue weighted by Gasteiger charge is 2.32. The molecule has 24 heavy (non-hydrogen) atoms. The van der Waals surface area contributed by atoms with Gasteiger partial charge in [0.1, 0.15) is 5.69 Å². The van der Waals surface area contributed by atoms with E-state index in [0.29, 0.717) is 6.07 Å². The lowest BCUT2D eigenvalue weighted by atomic mass is 10.1. The Labute approximate surface area is 134 Å². The molecule has 0 bridgehead atoms. The molecule has 0 atom stereocenters. The van der Waals surface area contributed by atoms with Gasteiger partial charge in [-0.1, -0.05) is 0 Å². The zero-order valence-corrected chi connectivity index (χ0v) is 12.6. The third-order valence-electron chi connectivity index (χ3n) is 3.25. The maximum absolute atomic E-state index is 12.4. The van der Waals surface area contributed by atoms with Crippen molar-refractivity contribution in [3.8, 4) is 0 Å². The van der Waals surface area contributed by atoms with E-state index in [1.807, 2.05) is 0 Å². The second-order valence-electron chi connectivity index (χ2n) is 5.42. The number of carboxylic acid groups (broad SMARTS) is 1. The van der Waals surface area contributed by atoms with Crippen molar-refractivity contribution in [2.75, 3.05) is 5.32 Å². The van der Waals surface area contributed by atoms with Crippen molar-refractivity contribution in [3.63, 3.8) is 0 Å². The number of hydrogen-bond donors (Lipinski definition) is 2. The zero-order chi connectivity index (χ0) is 18.1. The lowest BCUT2D eigenvalue weighted by Gasteiger charge is -2.19. The van der Waals surface area contributed by atoms with Gasteiger partial charge in [0.25, 0.3) is 5.91 Å². The van der Waals surface area contributed by atoms with Crippen LogP contribution >= 0.6 is 0 Å². The van der Waals surface area contributed by atoms with Crippen LogP contribution in [0.1, 0.15) is 29.9 Å². The normalized spacial score (nSPS) is 12.0. The number of carbonyl (C=O) groups is 2. The highest BCUT2D eigenvalue weighted by molar-refractivity contribution is 6.03. The number of nitrogens with zero attached hydrogens (tertiary/aromatic N) is 3. The number of pyridine rings is 1. The van der Waals surface area contributed by atoms with Crippen LogP contribution in [0.5, 0.6) is 0 Å². The molecule has 7 nitrogen and oxygen atoms in total. The first-order chi connectivity index (χ1) is 11.0. The van der Waals surface area contributed by atoms with Crippen molar-refractivity contribution in [1.82, 2.24) is 14.8 Å². The summed E-state index contributed by atoms with van der Waals surface area (Å²) in [5.74, 6) is -1.81. The lowest BCUT2D eigenvalue weighted by Crippen LogP contribution is -2.35. The second kappa shape index (κ2) is 5.95. The van der Waals surface area contributed by atoms with E-state index in [1.165, 1.54) is 26.2 Å². The summed E-state index contributed by atoms with van der Waals surface area (Å²) < 4.78 is 38.4. The van der Waals surface area contributed by atoms with Gasteiger partial charge in [-0.3, -0.25) is 14.5 Å². The van der Waals surface area contributed by atoms with Crippen molar-refractivity contribution in [3.05, 3.63) is 42.0 Å². The molecular formula is C14H13F3N4O3. The van der Waals surface area contributed by atoms with Crippen LogP contribution in [-0.2, 0) is 16.5 Å². The van der Waals surface area contributed by atoms with Gasteiger partial charge in [-0.15, -0.1) is 0 Å². The van der Waals surface area contributed by atoms with Gasteiger partial charge in [0.15, 0.2) is 5.54 Å². The van der Waals surface area contributed by atoms with Crippen molar-refractivity contribution in [2.24, 2.45) is 0 Å². The molecule has 0 saturated carbocycles. The molecule has 2 heterocycles. The number of aliphatic carboxylic acids is 1. The Bertz CT molecular complexity index is 766. The van der Waals surface area contributed by atoms with Gasteiger partial charge in [-0.25, -0.2) is 4.79 Å². The van der Waals surface area contributed by atoms with Crippen molar-refractivity contribution in [2.45, 2.75) is 25.6 Å². The Morgan fingerprint density at radius 1 is 1.21 bits per heavy atom. The van der Waals surface area contributed by atoms with Crippen LogP contribution in [0.3, 0.4) is 0 Å². The molecule has 0 spiro atoms. The number of halogens is 3. The molecule has 0 aromatic carbocycles. The number of carbonyl (C=O) groups excluding carboxylic acids is 1. The smallest absolute Gasteiger partial charge is 0.433 e. The Kier molecular flexibility index (Phi) is 4.32.